The van der Waals surface area contributed by atoms with Crippen LogP contribution >= 0.6 is 0 Å². The molecule has 22 heavy (non-hydrogen) atoms. The first-order valence-corrected chi connectivity index (χ1v) is 7.10. The standard InChI is InChI=1S/C14H17FN6O/c15-11-7-17-13(5-12(11)16)19-10-6-18-21(8-10)9-14(22)20-3-1-2-4-20/h5-8H,1-4,9H2,(H3,16,17,19). The molecule has 8 heteroatoms. The summed E-state index contributed by atoms with van der Waals surface area (Å²) in [4.78, 5) is 17.8. The fourth-order valence-electron chi connectivity index (χ4n) is 2.39. The van der Waals surface area contributed by atoms with Crippen LogP contribution in [0.15, 0.2) is 24.7 Å². The Bertz CT molecular complexity index is 680. The molecule has 0 spiro atoms. The highest BCUT2D eigenvalue weighted by Gasteiger charge is 2.18. The van der Waals surface area contributed by atoms with Crippen LogP contribution in [-0.2, 0) is 11.3 Å². The summed E-state index contributed by atoms with van der Waals surface area (Å²) in [7, 11) is 0. The summed E-state index contributed by atoms with van der Waals surface area (Å²) in [5, 5.41) is 7.11. The largest absolute Gasteiger partial charge is 0.396 e. The van der Waals surface area contributed by atoms with E-state index >= 15 is 0 Å². The van der Waals surface area contributed by atoms with Gasteiger partial charge in [0.15, 0.2) is 5.82 Å². The lowest BCUT2D eigenvalue weighted by molar-refractivity contribution is -0.130. The molecule has 1 fully saturated rings. The molecule has 0 bridgehead atoms. The molecule has 1 aliphatic rings. The van der Waals surface area contributed by atoms with Gasteiger partial charge in [0, 0.05) is 25.4 Å². The van der Waals surface area contributed by atoms with Crippen molar-refractivity contribution in [3.8, 4) is 0 Å². The third-order valence-corrected chi connectivity index (χ3v) is 3.55. The van der Waals surface area contributed by atoms with E-state index in [4.69, 9.17) is 5.73 Å². The van der Waals surface area contributed by atoms with Crippen molar-refractivity contribution in [3.05, 3.63) is 30.5 Å². The van der Waals surface area contributed by atoms with Crippen LogP contribution in [0.5, 0.6) is 0 Å². The number of carbonyl (C=O) groups excluding carboxylic acids is 1. The van der Waals surface area contributed by atoms with Crippen LogP contribution in [0.3, 0.4) is 0 Å². The molecule has 1 saturated heterocycles. The maximum absolute atomic E-state index is 13.1. The number of aromatic nitrogens is 3. The van der Waals surface area contributed by atoms with E-state index in [9.17, 15) is 9.18 Å². The second-order valence-electron chi connectivity index (χ2n) is 5.23. The van der Waals surface area contributed by atoms with E-state index in [0.717, 1.165) is 32.1 Å². The Balaban J connectivity index is 1.63. The van der Waals surface area contributed by atoms with Gasteiger partial charge in [-0.1, -0.05) is 0 Å². The third kappa shape index (κ3) is 3.16. The van der Waals surface area contributed by atoms with E-state index in [1.54, 1.807) is 17.1 Å². The minimum atomic E-state index is -0.558. The van der Waals surface area contributed by atoms with Crippen LogP contribution < -0.4 is 11.1 Å². The monoisotopic (exact) mass is 304 g/mol. The maximum Gasteiger partial charge on any atom is 0.244 e. The van der Waals surface area contributed by atoms with Gasteiger partial charge in [-0.25, -0.2) is 9.37 Å². The van der Waals surface area contributed by atoms with E-state index in [0.29, 0.717) is 11.5 Å². The Morgan fingerprint density at radius 3 is 2.86 bits per heavy atom. The van der Waals surface area contributed by atoms with Gasteiger partial charge in [-0.15, -0.1) is 0 Å². The zero-order valence-corrected chi connectivity index (χ0v) is 12.0. The van der Waals surface area contributed by atoms with Gasteiger partial charge < -0.3 is 16.0 Å². The smallest absolute Gasteiger partial charge is 0.244 e. The number of nitrogens with one attached hydrogen (secondary N) is 1. The molecule has 2 aromatic rings. The number of nitrogen functional groups attached to an aromatic ring is 1. The highest BCUT2D eigenvalue weighted by atomic mass is 19.1. The van der Waals surface area contributed by atoms with Gasteiger partial charge >= 0.3 is 0 Å². The molecule has 7 nitrogen and oxygen atoms in total. The number of carbonyl (C=O) groups is 1. The van der Waals surface area contributed by atoms with E-state index in [1.807, 2.05) is 4.90 Å². The molecule has 2 aromatic heterocycles. The van der Waals surface area contributed by atoms with E-state index in [1.165, 1.54) is 6.07 Å². The van der Waals surface area contributed by atoms with Crippen molar-refractivity contribution in [2.45, 2.75) is 19.4 Å². The number of pyridine rings is 1. The Morgan fingerprint density at radius 1 is 1.36 bits per heavy atom. The summed E-state index contributed by atoms with van der Waals surface area (Å²) in [5.74, 6) is -0.0712. The fourth-order valence-corrected chi connectivity index (χ4v) is 2.39. The van der Waals surface area contributed by atoms with Gasteiger partial charge in [0.2, 0.25) is 5.91 Å². The van der Waals surface area contributed by atoms with Crippen LogP contribution in [-0.4, -0.2) is 38.7 Å². The minimum absolute atomic E-state index is 0.0223. The van der Waals surface area contributed by atoms with Crippen molar-refractivity contribution >= 4 is 23.1 Å². The number of nitrogens with two attached hydrogens (primary N) is 1. The summed E-state index contributed by atoms with van der Waals surface area (Å²) in [6.07, 6.45) is 6.47. The normalized spacial score (nSPS) is 14.3. The van der Waals surface area contributed by atoms with Gasteiger partial charge in [0.05, 0.1) is 23.8 Å². The zero-order valence-electron chi connectivity index (χ0n) is 12.0. The molecular formula is C14H17FN6O. The molecule has 3 heterocycles. The fraction of sp³-hybridized carbons (Fsp3) is 0.357. The minimum Gasteiger partial charge on any atom is -0.396 e. The number of amides is 1. The average Bonchev–Trinajstić information content (AvgIpc) is 3.15. The SMILES string of the molecule is Nc1cc(Nc2cnn(CC(=O)N3CCCC3)c2)ncc1F. The topological polar surface area (TPSA) is 89.1 Å². The highest BCUT2D eigenvalue weighted by Crippen LogP contribution is 2.18. The second-order valence-corrected chi connectivity index (χ2v) is 5.23. The van der Waals surface area contributed by atoms with E-state index < -0.39 is 5.82 Å². The lowest BCUT2D eigenvalue weighted by atomic mass is 10.4. The Kier molecular flexibility index (Phi) is 3.90. The Hall–Kier alpha value is -2.64. The Labute approximate surface area is 126 Å². The summed E-state index contributed by atoms with van der Waals surface area (Å²) >= 11 is 0. The van der Waals surface area contributed by atoms with Gasteiger partial charge in [-0.2, -0.15) is 5.10 Å². The average molecular weight is 304 g/mol. The van der Waals surface area contributed by atoms with Crippen LogP contribution in [0.1, 0.15) is 12.8 Å². The molecule has 0 saturated carbocycles. The molecule has 3 rings (SSSR count). The molecule has 1 aliphatic heterocycles. The molecule has 0 atom stereocenters. The van der Waals surface area contributed by atoms with Gasteiger partial charge in [0.1, 0.15) is 12.4 Å². The lowest BCUT2D eigenvalue weighted by Gasteiger charge is -2.14. The van der Waals surface area contributed by atoms with Crippen molar-refractivity contribution in [3.63, 3.8) is 0 Å². The quantitative estimate of drug-likeness (QED) is 0.890. The number of rotatable bonds is 4. The Morgan fingerprint density at radius 2 is 2.14 bits per heavy atom. The number of halogens is 1. The number of likely N-dealkylation sites (tertiary alicyclic amines) is 1. The van der Waals surface area contributed by atoms with Crippen molar-refractivity contribution in [1.82, 2.24) is 19.7 Å². The molecule has 0 radical (unpaired) electrons. The molecule has 116 valence electrons. The molecule has 0 unspecified atom stereocenters. The van der Waals surface area contributed by atoms with E-state index in [2.05, 4.69) is 15.4 Å². The number of anilines is 3. The summed E-state index contributed by atoms with van der Waals surface area (Å²) < 4.78 is 14.6. The second kappa shape index (κ2) is 6.00. The van der Waals surface area contributed by atoms with E-state index in [-0.39, 0.29) is 18.1 Å². The highest BCUT2D eigenvalue weighted by molar-refractivity contribution is 5.76. The zero-order chi connectivity index (χ0) is 15.5. The van der Waals surface area contributed by atoms with Gasteiger partial charge in [-0.05, 0) is 12.8 Å². The molecule has 3 N–H and O–H groups in total. The molecule has 0 aliphatic carbocycles. The molecular weight excluding hydrogens is 287 g/mol. The van der Waals surface area contributed by atoms with Crippen LogP contribution in [0.4, 0.5) is 21.6 Å². The third-order valence-electron chi connectivity index (χ3n) is 3.55. The summed E-state index contributed by atoms with van der Waals surface area (Å²) in [6.45, 7) is 1.86. The first kappa shape index (κ1) is 14.3. The van der Waals surface area contributed by atoms with Gasteiger partial charge in [0.25, 0.3) is 0 Å². The molecule has 0 aromatic carbocycles. The van der Waals surface area contributed by atoms with Gasteiger partial charge in [-0.3, -0.25) is 9.48 Å². The number of hydrogen-bond donors (Lipinski definition) is 2. The predicted octanol–water partition coefficient (Wildman–Crippen LogP) is 1.37. The summed E-state index contributed by atoms with van der Waals surface area (Å²) in [5.41, 5.74) is 6.17. The van der Waals surface area contributed by atoms with Crippen molar-refractivity contribution in [2.75, 3.05) is 24.1 Å². The first-order valence-electron chi connectivity index (χ1n) is 7.10. The van der Waals surface area contributed by atoms with Crippen LogP contribution in [0.25, 0.3) is 0 Å². The maximum atomic E-state index is 13.1. The van der Waals surface area contributed by atoms with Crippen molar-refractivity contribution in [1.29, 1.82) is 0 Å². The van der Waals surface area contributed by atoms with Crippen molar-refractivity contribution in [2.24, 2.45) is 0 Å². The lowest BCUT2D eigenvalue weighted by Crippen LogP contribution is -2.31. The van der Waals surface area contributed by atoms with Crippen LogP contribution in [0, 0.1) is 5.82 Å². The molecule has 1 amide bonds. The number of nitrogens with zero attached hydrogens (tertiary/aromatic N) is 4. The van der Waals surface area contributed by atoms with Crippen LogP contribution in [0.2, 0.25) is 0 Å². The number of hydrogen-bond acceptors (Lipinski definition) is 5. The predicted molar refractivity (Wildman–Crippen MR) is 79.9 cm³/mol. The first-order chi connectivity index (χ1) is 10.6. The summed E-state index contributed by atoms with van der Waals surface area (Å²) in [6, 6.07) is 1.40. The van der Waals surface area contributed by atoms with Crippen molar-refractivity contribution < 1.29 is 9.18 Å².